The highest BCUT2D eigenvalue weighted by Crippen LogP contribution is 2.45. The third-order valence-electron chi connectivity index (χ3n) is 7.88. The van der Waals surface area contributed by atoms with Crippen molar-refractivity contribution in [2.45, 2.75) is 137 Å². The quantitative estimate of drug-likeness (QED) is 0.109. The van der Waals surface area contributed by atoms with E-state index in [2.05, 4.69) is 13.8 Å². The molecule has 0 aromatic carbocycles. The molecule has 0 aromatic heterocycles. The van der Waals surface area contributed by atoms with E-state index in [9.17, 15) is 19.5 Å². The zero-order chi connectivity index (χ0) is 25.6. The van der Waals surface area contributed by atoms with E-state index in [1.54, 1.807) is 13.8 Å². The van der Waals surface area contributed by atoms with E-state index in [0.29, 0.717) is 12.8 Å². The van der Waals surface area contributed by atoms with Crippen LogP contribution >= 0.6 is 0 Å². The van der Waals surface area contributed by atoms with E-state index in [0.717, 1.165) is 51.4 Å². The Hall–Kier alpha value is -1.59. The number of rotatable bonds is 21. The van der Waals surface area contributed by atoms with Crippen molar-refractivity contribution in [2.75, 3.05) is 0 Å². The van der Waals surface area contributed by atoms with Crippen molar-refractivity contribution < 1.29 is 24.2 Å². The number of amides is 1. The maximum atomic E-state index is 12.6. The number of carboxylic acid groups (broad SMARTS) is 1. The minimum atomic E-state index is -1.64. The summed E-state index contributed by atoms with van der Waals surface area (Å²) in [6.45, 7) is 7.89. The number of nitrogens with two attached hydrogens (primary N) is 1. The molecule has 0 aliphatic carbocycles. The Balaban J connectivity index is 2.79. The van der Waals surface area contributed by atoms with E-state index in [1.807, 2.05) is 0 Å². The molecule has 0 spiro atoms. The van der Waals surface area contributed by atoms with Crippen LogP contribution < -0.4 is 5.73 Å². The fourth-order valence-corrected chi connectivity index (χ4v) is 5.70. The molecule has 1 rings (SSSR count). The molecule has 0 saturated carbocycles. The topological polar surface area (TPSA) is 107 Å². The van der Waals surface area contributed by atoms with Crippen LogP contribution in [-0.4, -0.2) is 29.1 Å². The molecule has 1 saturated heterocycles. The van der Waals surface area contributed by atoms with Gasteiger partial charge < -0.3 is 15.6 Å². The lowest BCUT2D eigenvalue weighted by atomic mass is 9.62. The number of ether oxygens (including phenoxy) is 1. The van der Waals surface area contributed by atoms with Crippen molar-refractivity contribution in [1.82, 2.24) is 0 Å². The zero-order valence-electron chi connectivity index (χ0n) is 22.3. The zero-order valence-corrected chi connectivity index (χ0v) is 22.3. The van der Waals surface area contributed by atoms with Crippen LogP contribution in [0.1, 0.15) is 130 Å². The Morgan fingerprint density at radius 1 is 0.912 bits per heavy atom. The van der Waals surface area contributed by atoms with Crippen LogP contribution in [0.4, 0.5) is 0 Å². The number of unbranched alkanes of at least 4 members (excludes halogenated alkanes) is 11. The summed E-state index contributed by atoms with van der Waals surface area (Å²) in [4.78, 5) is 37.2. The number of esters is 1. The molecular formula is C28H51NO5. The molecule has 1 fully saturated rings. The number of carbonyl (C=O) groups is 3. The normalized spacial score (nSPS) is 20.4. The predicted molar refractivity (Wildman–Crippen MR) is 136 cm³/mol. The molecule has 0 radical (unpaired) electrons. The molecule has 34 heavy (non-hydrogen) atoms. The number of aliphatic carboxylic acids is 1. The minimum absolute atomic E-state index is 0.186. The van der Waals surface area contributed by atoms with Crippen molar-refractivity contribution in [2.24, 2.45) is 28.9 Å². The van der Waals surface area contributed by atoms with Gasteiger partial charge in [-0.05, 0) is 31.1 Å². The highest BCUT2D eigenvalue weighted by molar-refractivity contribution is 6.01. The van der Waals surface area contributed by atoms with E-state index in [-0.39, 0.29) is 18.0 Å². The third kappa shape index (κ3) is 8.57. The van der Waals surface area contributed by atoms with Crippen LogP contribution in [0.3, 0.4) is 0 Å². The number of cyclic esters (lactones) is 1. The van der Waals surface area contributed by atoms with Gasteiger partial charge in [0.25, 0.3) is 0 Å². The lowest BCUT2D eigenvalue weighted by Gasteiger charge is -2.43. The third-order valence-corrected chi connectivity index (χ3v) is 7.88. The van der Waals surface area contributed by atoms with Crippen molar-refractivity contribution in [3.63, 3.8) is 0 Å². The van der Waals surface area contributed by atoms with Crippen molar-refractivity contribution in [1.29, 1.82) is 0 Å². The molecule has 6 heteroatoms. The Labute approximate surface area is 207 Å². The summed E-state index contributed by atoms with van der Waals surface area (Å²) >= 11 is 0. The summed E-state index contributed by atoms with van der Waals surface area (Å²) in [5.41, 5.74) is 4.12. The molecular weight excluding hydrogens is 430 g/mol. The monoisotopic (exact) mass is 481 g/mol. The van der Waals surface area contributed by atoms with Crippen LogP contribution in [0.15, 0.2) is 0 Å². The molecule has 6 nitrogen and oxygen atoms in total. The van der Waals surface area contributed by atoms with Crippen LogP contribution in [-0.2, 0) is 19.1 Å². The summed E-state index contributed by atoms with van der Waals surface area (Å²) in [5, 5.41) is 10.2. The molecule has 3 N–H and O–H groups in total. The SMILES string of the molecule is CCCCCCCCCCC[C@@H](C[C@@H]1OC(=O)[C@H]1CCCCCC)[C@@](C(N)=O)(C(=O)O)C(C)C. The number of primary amides is 1. The van der Waals surface area contributed by atoms with E-state index < -0.39 is 29.1 Å². The maximum absolute atomic E-state index is 12.6. The van der Waals surface area contributed by atoms with Gasteiger partial charge >= 0.3 is 11.9 Å². The Morgan fingerprint density at radius 3 is 1.85 bits per heavy atom. The van der Waals surface area contributed by atoms with Crippen molar-refractivity contribution in [3.8, 4) is 0 Å². The number of carbonyl (C=O) groups excluding carboxylic acids is 2. The van der Waals surface area contributed by atoms with Gasteiger partial charge in [-0.1, -0.05) is 111 Å². The van der Waals surface area contributed by atoms with Crippen LogP contribution in [0.25, 0.3) is 0 Å². The second kappa shape index (κ2) is 16.1. The first-order valence-corrected chi connectivity index (χ1v) is 14.0. The molecule has 1 aliphatic rings. The summed E-state index contributed by atoms with van der Waals surface area (Å²) in [6.07, 6.45) is 16.4. The molecule has 4 atom stereocenters. The van der Waals surface area contributed by atoms with Gasteiger partial charge in [0.1, 0.15) is 6.10 Å². The molecule has 198 valence electrons. The fourth-order valence-electron chi connectivity index (χ4n) is 5.70. The number of hydrogen-bond acceptors (Lipinski definition) is 4. The first-order valence-electron chi connectivity index (χ1n) is 14.0. The molecule has 0 bridgehead atoms. The molecule has 0 aromatic rings. The molecule has 1 aliphatic heterocycles. The first kappa shape index (κ1) is 30.4. The van der Waals surface area contributed by atoms with Crippen molar-refractivity contribution in [3.05, 3.63) is 0 Å². The average Bonchev–Trinajstić information content (AvgIpc) is 2.76. The van der Waals surface area contributed by atoms with E-state index >= 15 is 0 Å². The van der Waals surface area contributed by atoms with Gasteiger partial charge in [-0.2, -0.15) is 0 Å². The summed E-state index contributed by atoms with van der Waals surface area (Å²) < 4.78 is 5.48. The lowest BCUT2D eigenvalue weighted by molar-refractivity contribution is -0.190. The van der Waals surface area contributed by atoms with Crippen molar-refractivity contribution >= 4 is 17.8 Å². The minimum Gasteiger partial charge on any atom is -0.480 e. The van der Waals surface area contributed by atoms with E-state index in [4.69, 9.17) is 10.5 Å². The molecule has 0 unspecified atom stereocenters. The first-order chi connectivity index (χ1) is 16.2. The molecule has 1 amide bonds. The van der Waals surface area contributed by atoms with E-state index in [1.165, 1.54) is 38.5 Å². The standard InChI is InChI=1S/C28H51NO5/c1-5-7-9-11-12-13-14-15-16-18-22(28(21(3)4,26(29)31)27(32)33)20-24-23(25(30)34-24)19-17-10-8-6-2/h21-24H,5-20H2,1-4H3,(H2,29,31)(H,32,33)/t22-,23-,24-,28-/m0/s1. The number of hydrogen-bond donors (Lipinski definition) is 2. The largest absolute Gasteiger partial charge is 0.480 e. The predicted octanol–water partition coefficient (Wildman–Crippen LogP) is 6.64. The van der Waals surface area contributed by atoms with Gasteiger partial charge in [0.15, 0.2) is 5.41 Å². The second-order valence-electron chi connectivity index (χ2n) is 10.7. The van der Waals surface area contributed by atoms with Crippen LogP contribution in [0.5, 0.6) is 0 Å². The Bertz CT molecular complexity index is 604. The van der Waals surface area contributed by atoms with Crippen LogP contribution in [0, 0.1) is 23.2 Å². The second-order valence-corrected chi connectivity index (χ2v) is 10.7. The smallest absolute Gasteiger partial charge is 0.319 e. The Kier molecular flexibility index (Phi) is 14.5. The van der Waals surface area contributed by atoms with Gasteiger partial charge in [-0.15, -0.1) is 0 Å². The average molecular weight is 482 g/mol. The lowest BCUT2D eigenvalue weighted by Crippen LogP contribution is -2.56. The maximum Gasteiger partial charge on any atom is 0.319 e. The Morgan fingerprint density at radius 2 is 1.41 bits per heavy atom. The summed E-state index contributed by atoms with van der Waals surface area (Å²) in [6, 6.07) is 0. The summed E-state index contributed by atoms with van der Waals surface area (Å²) in [7, 11) is 0. The van der Waals surface area contributed by atoms with Crippen LogP contribution in [0.2, 0.25) is 0 Å². The van der Waals surface area contributed by atoms with Gasteiger partial charge in [0.05, 0.1) is 5.92 Å². The number of carboxylic acids is 1. The highest BCUT2D eigenvalue weighted by atomic mass is 16.6. The fraction of sp³-hybridized carbons (Fsp3) is 0.893. The summed E-state index contributed by atoms with van der Waals surface area (Å²) in [5.74, 6) is -3.18. The molecule has 1 heterocycles. The van der Waals surface area contributed by atoms with Gasteiger partial charge in [-0.25, -0.2) is 0 Å². The van der Waals surface area contributed by atoms with Gasteiger partial charge in [0, 0.05) is 0 Å². The van der Waals surface area contributed by atoms with Gasteiger partial charge in [0.2, 0.25) is 5.91 Å². The van der Waals surface area contributed by atoms with Gasteiger partial charge in [-0.3, -0.25) is 14.4 Å². The highest BCUT2D eigenvalue weighted by Gasteiger charge is 2.56.